The maximum atomic E-state index is 11.7. The molecule has 2 aromatic carbocycles. The van der Waals surface area contributed by atoms with Gasteiger partial charge in [-0.1, -0.05) is 11.6 Å². The molecule has 0 spiro atoms. The van der Waals surface area contributed by atoms with E-state index in [1.807, 2.05) is 12.1 Å². The zero-order valence-electron chi connectivity index (χ0n) is 13.9. The Hall–Kier alpha value is -3.19. The highest BCUT2D eigenvalue weighted by atomic mass is 35.5. The molecule has 0 fully saturated rings. The maximum Gasteiger partial charge on any atom is 0.338 e. The Morgan fingerprint density at radius 3 is 2.38 bits per heavy atom. The first-order chi connectivity index (χ1) is 12.6. The van der Waals surface area contributed by atoms with E-state index in [0.717, 1.165) is 11.4 Å². The van der Waals surface area contributed by atoms with Gasteiger partial charge in [0.05, 0.1) is 18.4 Å². The molecule has 3 aromatic rings. The summed E-state index contributed by atoms with van der Waals surface area (Å²) in [5.74, 6) is 0.512. The van der Waals surface area contributed by atoms with Gasteiger partial charge in [-0.25, -0.2) is 4.79 Å². The summed E-state index contributed by atoms with van der Waals surface area (Å²) in [6.45, 7) is 2.11. The molecule has 26 heavy (non-hydrogen) atoms. The molecule has 0 saturated heterocycles. The zero-order valence-corrected chi connectivity index (χ0v) is 14.7. The molecule has 0 atom stereocenters. The van der Waals surface area contributed by atoms with Crippen molar-refractivity contribution in [3.8, 4) is 0 Å². The molecule has 132 valence electrons. The molecule has 0 aliphatic carbocycles. The topological polar surface area (TPSA) is 89.0 Å². The van der Waals surface area contributed by atoms with Crippen LogP contribution in [0.5, 0.6) is 0 Å². The van der Waals surface area contributed by atoms with Crippen LogP contribution in [0.3, 0.4) is 0 Å². The van der Waals surface area contributed by atoms with Crippen LogP contribution in [0.1, 0.15) is 17.3 Å². The molecular weight excluding hydrogens is 354 g/mol. The van der Waals surface area contributed by atoms with Gasteiger partial charge in [0.15, 0.2) is 5.82 Å². The van der Waals surface area contributed by atoms with Gasteiger partial charge in [-0.15, -0.1) is 5.10 Å². The first-order valence-corrected chi connectivity index (χ1v) is 8.28. The van der Waals surface area contributed by atoms with Gasteiger partial charge in [0.2, 0.25) is 5.95 Å². The minimum atomic E-state index is -0.350. The van der Waals surface area contributed by atoms with Crippen LogP contribution in [0.15, 0.2) is 54.7 Å². The minimum absolute atomic E-state index is 0.342. The number of halogens is 1. The highest BCUT2D eigenvalue weighted by molar-refractivity contribution is 6.30. The predicted octanol–water partition coefficient (Wildman–Crippen LogP) is 4.19. The lowest BCUT2D eigenvalue weighted by Crippen LogP contribution is -2.05. The third-order valence-electron chi connectivity index (χ3n) is 3.33. The number of anilines is 4. The van der Waals surface area contributed by atoms with Crippen molar-refractivity contribution in [3.63, 3.8) is 0 Å². The number of nitrogens with one attached hydrogen (secondary N) is 2. The number of hydrogen-bond donors (Lipinski definition) is 2. The van der Waals surface area contributed by atoms with Gasteiger partial charge in [0.25, 0.3) is 0 Å². The first-order valence-electron chi connectivity index (χ1n) is 7.90. The van der Waals surface area contributed by atoms with E-state index >= 15 is 0 Å². The van der Waals surface area contributed by atoms with Crippen molar-refractivity contribution < 1.29 is 9.53 Å². The summed E-state index contributed by atoms with van der Waals surface area (Å²) in [4.78, 5) is 16.0. The molecule has 0 aliphatic rings. The summed E-state index contributed by atoms with van der Waals surface area (Å²) < 4.78 is 4.96. The van der Waals surface area contributed by atoms with Crippen molar-refractivity contribution in [2.24, 2.45) is 0 Å². The molecule has 0 aliphatic heterocycles. The molecule has 2 N–H and O–H groups in total. The Morgan fingerprint density at radius 1 is 1.04 bits per heavy atom. The summed E-state index contributed by atoms with van der Waals surface area (Å²) >= 11 is 5.87. The van der Waals surface area contributed by atoms with Gasteiger partial charge >= 0.3 is 5.97 Å². The third-order valence-corrected chi connectivity index (χ3v) is 3.58. The predicted molar refractivity (Wildman–Crippen MR) is 100 cm³/mol. The maximum absolute atomic E-state index is 11.7. The summed E-state index contributed by atoms with van der Waals surface area (Å²) in [7, 11) is 0. The van der Waals surface area contributed by atoms with Gasteiger partial charge in [0.1, 0.15) is 0 Å². The Bertz CT molecular complexity index is 885. The lowest BCUT2D eigenvalue weighted by atomic mass is 10.2. The second-order valence-electron chi connectivity index (χ2n) is 5.22. The van der Waals surface area contributed by atoms with Crippen LogP contribution in [-0.4, -0.2) is 27.8 Å². The summed E-state index contributed by atoms with van der Waals surface area (Å²) in [5.41, 5.74) is 2.05. The fourth-order valence-corrected chi connectivity index (χ4v) is 2.26. The Labute approximate surface area is 155 Å². The number of benzene rings is 2. The standard InChI is InChI=1S/C18H16ClN5O2/c1-2-26-17(25)12-3-7-14(8-4-12)21-16-11-20-24-18(23-16)22-15-9-5-13(19)6-10-15/h3-11H,2H2,1H3,(H2,21,22,23,24). The fourth-order valence-electron chi connectivity index (χ4n) is 2.13. The summed E-state index contributed by atoms with van der Waals surface area (Å²) in [5, 5.41) is 14.7. The molecular formula is C18H16ClN5O2. The lowest BCUT2D eigenvalue weighted by molar-refractivity contribution is 0.0526. The number of nitrogens with zero attached hydrogens (tertiary/aromatic N) is 3. The second-order valence-corrected chi connectivity index (χ2v) is 5.66. The van der Waals surface area contributed by atoms with Crippen LogP contribution >= 0.6 is 11.6 Å². The monoisotopic (exact) mass is 369 g/mol. The van der Waals surface area contributed by atoms with Crippen LogP contribution in [-0.2, 0) is 4.74 Å². The van der Waals surface area contributed by atoms with Crippen LogP contribution in [0.25, 0.3) is 0 Å². The molecule has 8 heteroatoms. The molecule has 0 bridgehead atoms. The van der Waals surface area contributed by atoms with E-state index in [9.17, 15) is 4.79 Å². The van der Waals surface area contributed by atoms with E-state index in [4.69, 9.17) is 16.3 Å². The number of esters is 1. The van der Waals surface area contributed by atoms with Crippen LogP contribution < -0.4 is 10.6 Å². The number of ether oxygens (including phenoxy) is 1. The molecule has 0 amide bonds. The van der Waals surface area contributed by atoms with Gasteiger partial charge in [0, 0.05) is 16.4 Å². The first kappa shape index (κ1) is 17.6. The van der Waals surface area contributed by atoms with Crippen molar-refractivity contribution >= 4 is 40.7 Å². The van der Waals surface area contributed by atoms with Crippen molar-refractivity contribution in [2.45, 2.75) is 6.92 Å². The van der Waals surface area contributed by atoms with E-state index in [1.54, 1.807) is 43.3 Å². The second kappa shape index (κ2) is 8.26. The van der Waals surface area contributed by atoms with Crippen LogP contribution in [0.2, 0.25) is 5.02 Å². The van der Waals surface area contributed by atoms with Gasteiger partial charge in [-0.05, 0) is 55.5 Å². The molecule has 3 rings (SSSR count). The van der Waals surface area contributed by atoms with Crippen LogP contribution in [0, 0.1) is 0 Å². The van der Waals surface area contributed by atoms with E-state index in [0.29, 0.717) is 29.0 Å². The number of carbonyl (C=O) groups excluding carboxylic acids is 1. The minimum Gasteiger partial charge on any atom is -0.462 e. The van der Waals surface area contributed by atoms with E-state index in [2.05, 4.69) is 25.8 Å². The van der Waals surface area contributed by atoms with Crippen molar-refractivity contribution in [2.75, 3.05) is 17.2 Å². The average molecular weight is 370 g/mol. The molecule has 0 radical (unpaired) electrons. The fraction of sp³-hybridized carbons (Fsp3) is 0.111. The Morgan fingerprint density at radius 2 is 1.69 bits per heavy atom. The average Bonchev–Trinajstić information content (AvgIpc) is 2.65. The number of aromatic nitrogens is 3. The summed E-state index contributed by atoms with van der Waals surface area (Å²) in [6.07, 6.45) is 1.51. The molecule has 7 nitrogen and oxygen atoms in total. The number of carbonyl (C=O) groups is 1. The van der Waals surface area contributed by atoms with Crippen LogP contribution in [0.4, 0.5) is 23.1 Å². The molecule has 0 saturated carbocycles. The Balaban J connectivity index is 1.68. The lowest BCUT2D eigenvalue weighted by Gasteiger charge is -2.08. The molecule has 1 aromatic heterocycles. The number of rotatable bonds is 6. The zero-order chi connectivity index (χ0) is 18.4. The van der Waals surface area contributed by atoms with E-state index < -0.39 is 0 Å². The molecule has 1 heterocycles. The Kier molecular flexibility index (Phi) is 5.60. The number of hydrogen-bond acceptors (Lipinski definition) is 7. The third kappa shape index (κ3) is 4.67. The normalized spacial score (nSPS) is 10.2. The van der Waals surface area contributed by atoms with Gasteiger partial charge in [-0.2, -0.15) is 10.1 Å². The van der Waals surface area contributed by atoms with E-state index in [-0.39, 0.29) is 5.97 Å². The molecule has 0 unspecified atom stereocenters. The quantitative estimate of drug-likeness (QED) is 0.629. The largest absolute Gasteiger partial charge is 0.462 e. The van der Waals surface area contributed by atoms with Crippen molar-refractivity contribution in [1.82, 2.24) is 15.2 Å². The van der Waals surface area contributed by atoms with Crippen molar-refractivity contribution in [3.05, 3.63) is 65.3 Å². The smallest absolute Gasteiger partial charge is 0.338 e. The van der Waals surface area contributed by atoms with Gasteiger partial charge in [-0.3, -0.25) is 0 Å². The SMILES string of the molecule is CCOC(=O)c1ccc(Nc2cnnc(Nc3ccc(Cl)cc3)n2)cc1. The van der Waals surface area contributed by atoms with Crippen molar-refractivity contribution in [1.29, 1.82) is 0 Å². The highest BCUT2D eigenvalue weighted by Gasteiger charge is 2.06. The van der Waals surface area contributed by atoms with E-state index in [1.165, 1.54) is 6.20 Å². The highest BCUT2D eigenvalue weighted by Crippen LogP contribution is 2.19. The van der Waals surface area contributed by atoms with Gasteiger partial charge < -0.3 is 15.4 Å². The summed E-state index contributed by atoms with van der Waals surface area (Å²) in [6, 6.07) is 14.1.